The molecule has 0 spiro atoms. The van der Waals surface area contributed by atoms with Crippen LogP contribution in [0.5, 0.6) is 0 Å². The highest BCUT2D eigenvalue weighted by Gasteiger charge is 2.07. The number of hydrogen-bond acceptors (Lipinski definition) is 3. The summed E-state index contributed by atoms with van der Waals surface area (Å²) in [6, 6.07) is 12.8. The van der Waals surface area contributed by atoms with Gasteiger partial charge in [-0.2, -0.15) is 0 Å². The highest BCUT2D eigenvalue weighted by atomic mass is 35.5. The fourth-order valence-electron chi connectivity index (χ4n) is 1.98. The first-order valence-corrected chi connectivity index (χ1v) is 7.79. The molecule has 124 valence electrons. The molecule has 0 aliphatic rings. The largest absolute Gasteiger partial charge is 0.452 e. The third-order valence-electron chi connectivity index (χ3n) is 3.30. The maximum absolute atomic E-state index is 11.8. The Kier molecular flexibility index (Phi) is 6.15. The SMILES string of the molecule is Cc1ccc(/C=C/C(=O)OCC(=O)Nc2ccc(Cl)cc2C)cc1. The molecule has 0 aliphatic carbocycles. The lowest BCUT2D eigenvalue weighted by Gasteiger charge is -2.08. The van der Waals surface area contributed by atoms with Gasteiger partial charge in [-0.1, -0.05) is 41.4 Å². The van der Waals surface area contributed by atoms with Gasteiger partial charge in [0.05, 0.1) is 0 Å². The lowest BCUT2D eigenvalue weighted by molar-refractivity contribution is -0.142. The second-order valence-corrected chi connectivity index (χ2v) is 5.80. The fraction of sp³-hybridized carbons (Fsp3) is 0.158. The van der Waals surface area contributed by atoms with Gasteiger partial charge in [-0.05, 0) is 49.2 Å². The highest BCUT2D eigenvalue weighted by Crippen LogP contribution is 2.19. The topological polar surface area (TPSA) is 55.4 Å². The predicted molar refractivity (Wildman–Crippen MR) is 96.0 cm³/mol. The summed E-state index contributed by atoms with van der Waals surface area (Å²) >= 11 is 5.86. The van der Waals surface area contributed by atoms with E-state index >= 15 is 0 Å². The lowest BCUT2D eigenvalue weighted by atomic mass is 10.1. The van der Waals surface area contributed by atoms with E-state index in [4.69, 9.17) is 16.3 Å². The molecule has 0 heterocycles. The molecule has 1 amide bonds. The van der Waals surface area contributed by atoms with E-state index in [2.05, 4.69) is 5.32 Å². The summed E-state index contributed by atoms with van der Waals surface area (Å²) in [7, 11) is 0. The zero-order chi connectivity index (χ0) is 17.5. The molecule has 0 saturated heterocycles. The summed E-state index contributed by atoms with van der Waals surface area (Å²) in [6.07, 6.45) is 2.94. The second-order valence-electron chi connectivity index (χ2n) is 5.36. The van der Waals surface area contributed by atoms with Crippen LogP contribution in [0, 0.1) is 13.8 Å². The van der Waals surface area contributed by atoms with Crippen molar-refractivity contribution >= 4 is 35.2 Å². The van der Waals surface area contributed by atoms with Crippen molar-refractivity contribution in [1.29, 1.82) is 0 Å². The maximum Gasteiger partial charge on any atom is 0.331 e. The molecule has 0 fully saturated rings. The van der Waals surface area contributed by atoms with Gasteiger partial charge in [-0.15, -0.1) is 0 Å². The van der Waals surface area contributed by atoms with Crippen LogP contribution in [0.25, 0.3) is 6.08 Å². The molecular formula is C19H18ClNO3. The molecule has 5 heteroatoms. The summed E-state index contributed by atoms with van der Waals surface area (Å²) in [6.45, 7) is 3.47. The molecule has 2 aromatic rings. The van der Waals surface area contributed by atoms with E-state index in [1.54, 1.807) is 24.3 Å². The number of rotatable bonds is 5. The van der Waals surface area contributed by atoms with E-state index in [1.165, 1.54) is 6.08 Å². The predicted octanol–water partition coefficient (Wildman–Crippen LogP) is 4.15. The van der Waals surface area contributed by atoms with Crippen LogP contribution >= 0.6 is 11.6 Å². The Balaban J connectivity index is 1.82. The van der Waals surface area contributed by atoms with E-state index in [0.717, 1.165) is 16.7 Å². The van der Waals surface area contributed by atoms with Crippen molar-refractivity contribution in [1.82, 2.24) is 0 Å². The van der Waals surface area contributed by atoms with Crippen LogP contribution in [0.15, 0.2) is 48.5 Å². The lowest BCUT2D eigenvalue weighted by Crippen LogP contribution is -2.20. The van der Waals surface area contributed by atoms with Gasteiger partial charge in [0.1, 0.15) is 0 Å². The van der Waals surface area contributed by atoms with Crippen molar-refractivity contribution in [2.75, 3.05) is 11.9 Å². The molecule has 0 bridgehead atoms. The number of hydrogen-bond donors (Lipinski definition) is 1. The number of amides is 1. The Labute approximate surface area is 146 Å². The summed E-state index contributed by atoms with van der Waals surface area (Å²) in [5.41, 5.74) is 3.50. The number of anilines is 1. The Morgan fingerprint density at radius 2 is 1.83 bits per heavy atom. The summed E-state index contributed by atoms with van der Waals surface area (Å²) in [4.78, 5) is 23.5. The quantitative estimate of drug-likeness (QED) is 0.655. The van der Waals surface area contributed by atoms with Gasteiger partial charge in [-0.25, -0.2) is 4.79 Å². The van der Waals surface area contributed by atoms with Crippen molar-refractivity contribution < 1.29 is 14.3 Å². The third-order valence-corrected chi connectivity index (χ3v) is 3.53. The van der Waals surface area contributed by atoms with Gasteiger partial charge < -0.3 is 10.1 Å². The normalized spacial score (nSPS) is 10.6. The summed E-state index contributed by atoms with van der Waals surface area (Å²) in [5, 5.41) is 3.27. The van der Waals surface area contributed by atoms with Crippen LogP contribution in [0.3, 0.4) is 0 Å². The number of benzene rings is 2. The monoisotopic (exact) mass is 343 g/mol. The van der Waals surface area contributed by atoms with Crippen LogP contribution in [0.2, 0.25) is 5.02 Å². The first-order valence-electron chi connectivity index (χ1n) is 7.41. The van der Waals surface area contributed by atoms with Crippen molar-refractivity contribution in [2.45, 2.75) is 13.8 Å². The van der Waals surface area contributed by atoms with Gasteiger partial charge in [0.15, 0.2) is 6.61 Å². The molecule has 0 radical (unpaired) electrons. The Morgan fingerprint density at radius 1 is 1.12 bits per heavy atom. The highest BCUT2D eigenvalue weighted by molar-refractivity contribution is 6.30. The number of ether oxygens (including phenoxy) is 1. The Morgan fingerprint density at radius 3 is 2.50 bits per heavy atom. The molecule has 24 heavy (non-hydrogen) atoms. The van der Waals surface area contributed by atoms with Crippen molar-refractivity contribution in [2.24, 2.45) is 0 Å². The van der Waals surface area contributed by atoms with Crippen molar-refractivity contribution in [3.63, 3.8) is 0 Å². The minimum atomic E-state index is -0.571. The molecular weight excluding hydrogens is 326 g/mol. The van der Waals surface area contributed by atoms with Crippen LogP contribution in [0.4, 0.5) is 5.69 Å². The number of carbonyl (C=O) groups is 2. The molecule has 0 aromatic heterocycles. The standard InChI is InChI=1S/C19H18ClNO3/c1-13-3-5-15(6-4-13)7-10-19(23)24-12-18(22)21-17-9-8-16(20)11-14(17)2/h3-11H,12H2,1-2H3,(H,21,22)/b10-7+. The fourth-order valence-corrected chi connectivity index (χ4v) is 2.21. The number of nitrogens with one attached hydrogen (secondary N) is 1. The van der Waals surface area contributed by atoms with E-state index in [0.29, 0.717) is 10.7 Å². The van der Waals surface area contributed by atoms with Crippen molar-refractivity contribution in [3.8, 4) is 0 Å². The Bertz CT molecular complexity index is 767. The molecule has 0 atom stereocenters. The summed E-state index contributed by atoms with van der Waals surface area (Å²) in [5.74, 6) is -0.976. The molecule has 4 nitrogen and oxygen atoms in total. The smallest absolute Gasteiger partial charge is 0.331 e. The van der Waals surface area contributed by atoms with E-state index in [-0.39, 0.29) is 6.61 Å². The molecule has 0 unspecified atom stereocenters. The molecule has 2 rings (SSSR count). The summed E-state index contributed by atoms with van der Waals surface area (Å²) < 4.78 is 4.92. The van der Waals surface area contributed by atoms with Crippen LogP contribution in [-0.2, 0) is 14.3 Å². The molecule has 1 N–H and O–H groups in total. The van der Waals surface area contributed by atoms with E-state index in [9.17, 15) is 9.59 Å². The van der Waals surface area contributed by atoms with Crippen LogP contribution < -0.4 is 5.32 Å². The molecule has 0 saturated carbocycles. The number of halogens is 1. The third kappa shape index (κ3) is 5.56. The molecule has 2 aromatic carbocycles. The first-order chi connectivity index (χ1) is 11.4. The van der Waals surface area contributed by atoms with Gasteiger partial charge in [0.25, 0.3) is 5.91 Å². The minimum absolute atomic E-state index is 0.348. The zero-order valence-electron chi connectivity index (χ0n) is 13.5. The first kappa shape index (κ1) is 17.8. The molecule has 0 aliphatic heterocycles. The van der Waals surface area contributed by atoms with E-state index < -0.39 is 11.9 Å². The second kappa shape index (κ2) is 8.31. The van der Waals surface area contributed by atoms with Gasteiger partial charge >= 0.3 is 5.97 Å². The van der Waals surface area contributed by atoms with Crippen LogP contribution in [-0.4, -0.2) is 18.5 Å². The average molecular weight is 344 g/mol. The average Bonchev–Trinajstić information content (AvgIpc) is 2.55. The van der Waals surface area contributed by atoms with Crippen LogP contribution in [0.1, 0.15) is 16.7 Å². The minimum Gasteiger partial charge on any atom is -0.452 e. The van der Waals surface area contributed by atoms with Gasteiger partial charge in [0, 0.05) is 16.8 Å². The Hall–Kier alpha value is -2.59. The number of esters is 1. The van der Waals surface area contributed by atoms with Gasteiger partial charge in [0.2, 0.25) is 0 Å². The van der Waals surface area contributed by atoms with Crippen molar-refractivity contribution in [3.05, 3.63) is 70.3 Å². The number of aryl methyl sites for hydroxylation is 2. The zero-order valence-corrected chi connectivity index (χ0v) is 14.3. The number of carbonyl (C=O) groups excluding carboxylic acids is 2. The van der Waals surface area contributed by atoms with Gasteiger partial charge in [-0.3, -0.25) is 4.79 Å². The maximum atomic E-state index is 11.8. The van der Waals surface area contributed by atoms with E-state index in [1.807, 2.05) is 38.1 Å².